The van der Waals surface area contributed by atoms with E-state index in [0.717, 1.165) is 18.8 Å². The second kappa shape index (κ2) is 9.23. The minimum atomic E-state index is 0.422. The normalized spacial score (nSPS) is 12.8. The van der Waals surface area contributed by atoms with Gasteiger partial charge in [0.25, 0.3) is 0 Å². The van der Waals surface area contributed by atoms with Gasteiger partial charge in [0, 0.05) is 12.8 Å². The van der Waals surface area contributed by atoms with Crippen LogP contribution in [0.3, 0.4) is 0 Å². The van der Waals surface area contributed by atoms with Gasteiger partial charge in [-0.05, 0) is 12.3 Å². The first-order valence-electron chi connectivity index (χ1n) is 6.22. The fourth-order valence-corrected chi connectivity index (χ4v) is 1.65. The zero-order valence-electron chi connectivity index (χ0n) is 10.1. The topological polar surface area (TPSA) is 17.1 Å². The number of hydrogen-bond donors (Lipinski definition) is 0. The third kappa shape index (κ3) is 8.28. The maximum absolute atomic E-state index is 11.1. The van der Waals surface area contributed by atoms with Crippen molar-refractivity contribution in [2.75, 3.05) is 0 Å². The van der Waals surface area contributed by atoms with Crippen molar-refractivity contribution in [1.82, 2.24) is 0 Å². The lowest BCUT2D eigenvalue weighted by molar-refractivity contribution is -0.119. The molecule has 1 atom stereocenters. The molecule has 0 aliphatic rings. The number of hydrogen-bond acceptors (Lipinski definition) is 1. The number of unbranched alkanes of at least 4 members (excludes halogenated alkanes) is 3. The molecule has 0 heterocycles. The van der Waals surface area contributed by atoms with Crippen LogP contribution in [0.5, 0.6) is 0 Å². The van der Waals surface area contributed by atoms with E-state index in [9.17, 15) is 4.79 Å². The van der Waals surface area contributed by atoms with Crippen molar-refractivity contribution < 1.29 is 4.79 Å². The molecule has 14 heavy (non-hydrogen) atoms. The lowest BCUT2D eigenvalue weighted by atomic mass is 9.96. The predicted octanol–water partition coefficient (Wildman–Crippen LogP) is 4.35. The van der Waals surface area contributed by atoms with Crippen molar-refractivity contribution in [2.24, 2.45) is 5.92 Å². The van der Waals surface area contributed by atoms with E-state index in [2.05, 4.69) is 13.8 Å². The molecule has 1 unspecified atom stereocenters. The number of carbonyl (C=O) groups is 1. The molecule has 84 valence electrons. The standard InChI is InChI=1S/C13H26O/c1-4-6-7-8-9-12(3)10-11-13(14)5-2/h12H,4-11H2,1-3H3. The van der Waals surface area contributed by atoms with Crippen LogP contribution in [0.15, 0.2) is 0 Å². The molecule has 0 saturated heterocycles. The monoisotopic (exact) mass is 198 g/mol. The minimum absolute atomic E-state index is 0.422. The van der Waals surface area contributed by atoms with Crippen LogP contribution >= 0.6 is 0 Å². The van der Waals surface area contributed by atoms with Crippen LogP contribution < -0.4 is 0 Å². The van der Waals surface area contributed by atoms with Gasteiger partial charge >= 0.3 is 0 Å². The third-order valence-electron chi connectivity index (χ3n) is 2.86. The molecule has 0 radical (unpaired) electrons. The van der Waals surface area contributed by atoms with Crippen molar-refractivity contribution in [3.8, 4) is 0 Å². The largest absolute Gasteiger partial charge is 0.300 e. The summed E-state index contributed by atoms with van der Waals surface area (Å²) < 4.78 is 0. The summed E-state index contributed by atoms with van der Waals surface area (Å²) in [7, 11) is 0. The molecule has 0 aromatic heterocycles. The Kier molecular flexibility index (Phi) is 9.02. The molecule has 0 aromatic rings. The van der Waals surface area contributed by atoms with Gasteiger partial charge in [0.05, 0.1) is 0 Å². The van der Waals surface area contributed by atoms with Gasteiger partial charge in [-0.1, -0.05) is 52.9 Å². The molecule has 0 N–H and O–H groups in total. The number of rotatable bonds is 9. The van der Waals surface area contributed by atoms with Gasteiger partial charge in [0.1, 0.15) is 5.78 Å². The van der Waals surface area contributed by atoms with E-state index in [0.29, 0.717) is 12.2 Å². The van der Waals surface area contributed by atoms with Crippen LogP contribution in [0.1, 0.15) is 72.1 Å². The summed E-state index contributed by atoms with van der Waals surface area (Å²) in [6.45, 7) is 6.46. The van der Waals surface area contributed by atoms with Gasteiger partial charge in [-0.2, -0.15) is 0 Å². The average Bonchev–Trinajstić information content (AvgIpc) is 2.21. The van der Waals surface area contributed by atoms with Gasteiger partial charge in [0.2, 0.25) is 0 Å². The van der Waals surface area contributed by atoms with Crippen LogP contribution in [0, 0.1) is 5.92 Å². The Balaban J connectivity index is 3.27. The summed E-state index contributed by atoms with van der Waals surface area (Å²) in [6, 6.07) is 0. The number of carbonyl (C=O) groups excluding carboxylic acids is 1. The molecule has 0 bridgehead atoms. The molecule has 1 heteroatoms. The Labute approximate surface area is 89.3 Å². The zero-order chi connectivity index (χ0) is 10.8. The first-order valence-corrected chi connectivity index (χ1v) is 6.22. The van der Waals surface area contributed by atoms with E-state index in [1.165, 1.54) is 32.1 Å². The molecular formula is C13H26O. The highest BCUT2D eigenvalue weighted by Crippen LogP contribution is 2.15. The van der Waals surface area contributed by atoms with Crippen molar-refractivity contribution in [3.63, 3.8) is 0 Å². The molecule has 0 saturated carbocycles. The second-order valence-corrected chi connectivity index (χ2v) is 4.39. The van der Waals surface area contributed by atoms with E-state index in [1.807, 2.05) is 6.92 Å². The molecule has 0 aromatic carbocycles. The molecular weight excluding hydrogens is 172 g/mol. The van der Waals surface area contributed by atoms with Crippen LogP contribution in [0.2, 0.25) is 0 Å². The predicted molar refractivity (Wildman–Crippen MR) is 62.5 cm³/mol. The lowest BCUT2D eigenvalue weighted by Gasteiger charge is -2.09. The lowest BCUT2D eigenvalue weighted by Crippen LogP contribution is -2.01. The summed E-state index contributed by atoms with van der Waals surface area (Å²) in [4.78, 5) is 11.1. The highest BCUT2D eigenvalue weighted by molar-refractivity contribution is 5.77. The highest BCUT2D eigenvalue weighted by atomic mass is 16.1. The minimum Gasteiger partial charge on any atom is -0.300 e. The van der Waals surface area contributed by atoms with Gasteiger partial charge in [-0.3, -0.25) is 4.79 Å². The first kappa shape index (κ1) is 13.7. The van der Waals surface area contributed by atoms with Crippen molar-refractivity contribution in [3.05, 3.63) is 0 Å². The molecule has 0 amide bonds. The van der Waals surface area contributed by atoms with Crippen LogP contribution in [0.25, 0.3) is 0 Å². The van der Waals surface area contributed by atoms with Crippen LogP contribution in [-0.2, 0) is 4.79 Å². The highest BCUT2D eigenvalue weighted by Gasteiger charge is 2.04. The maximum Gasteiger partial charge on any atom is 0.132 e. The van der Waals surface area contributed by atoms with Gasteiger partial charge in [0.15, 0.2) is 0 Å². The van der Waals surface area contributed by atoms with Crippen LogP contribution in [-0.4, -0.2) is 5.78 Å². The molecule has 0 spiro atoms. The van der Waals surface area contributed by atoms with Crippen LogP contribution in [0.4, 0.5) is 0 Å². The molecule has 0 rings (SSSR count). The Morgan fingerprint density at radius 1 is 1.07 bits per heavy atom. The zero-order valence-corrected chi connectivity index (χ0v) is 10.1. The second-order valence-electron chi connectivity index (χ2n) is 4.39. The van der Waals surface area contributed by atoms with Crippen molar-refractivity contribution in [2.45, 2.75) is 72.1 Å². The van der Waals surface area contributed by atoms with Gasteiger partial charge < -0.3 is 0 Å². The fourth-order valence-electron chi connectivity index (χ4n) is 1.65. The average molecular weight is 198 g/mol. The van der Waals surface area contributed by atoms with E-state index in [1.54, 1.807) is 0 Å². The summed E-state index contributed by atoms with van der Waals surface area (Å²) in [5, 5.41) is 0. The maximum atomic E-state index is 11.1. The Morgan fingerprint density at radius 3 is 2.36 bits per heavy atom. The Hall–Kier alpha value is -0.330. The number of ketones is 1. The molecule has 0 aliphatic heterocycles. The Morgan fingerprint density at radius 2 is 1.79 bits per heavy atom. The Bertz CT molecular complexity index is 140. The van der Waals surface area contributed by atoms with Gasteiger partial charge in [-0.25, -0.2) is 0 Å². The quantitative estimate of drug-likeness (QED) is 0.503. The molecule has 1 nitrogen and oxygen atoms in total. The third-order valence-corrected chi connectivity index (χ3v) is 2.86. The van der Waals surface area contributed by atoms with E-state index in [4.69, 9.17) is 0 Å². The number of Topliss-reactive ketones (excluding diaryl/α,β-unsaturated/α-hetero) is 1. The fraction of sp³-hybridized carbons (Fsp3) is 0.923. The van der Waals surface area contributed by atoms with E-state index >= 15 is 0 Å². The summed E-state index contributed by atoms with van der Waals surface area (Å²) in [5.41, 5.74) is 0. The summed E-state index contributed by atoms with van der Waals surface area (Å²) in [6.07, 6.45) is 9.28. The van der Waals surface area contributed by atoms with Crippen molar-refractivity contribution >= 4 is 5.78 Å². The smallest absolute Gasteiger partial charge is 0.132 e. The summed E-state index contributed by atoms with van der Waals surface area (Å²) in [5.74, 6) is 1.16. The first-order chi connectivity index (χ1) is 6.70. The van der Waals surface area contributed by atoms with Gasteiger partial charge in [-0.15, -0.1) is 0 Å². The summed E-state index contributed by atoms with van der Waals surface area (Å²) >= 11 is 0. The van der Waals surface area contributed by atoms with E-state index < -0.39 is 0 Å². The SMILES string of the molecule is CCCCCCC(C)CCC(=O)CC. The molecule has 0 fully saturated rings. The van der Waals surface area contributed by atoms with E-state index in [-0.39, 0.29) is 0 Å². The molecule has 0 aliphatic carbocycles. The van der Waals surface area contributed by atoms with Crippen molar-refractivity contribution in [1.29, 1.82) is 0 Å².